The first-order valence-corrected chi connectivity index (χ1v) is 6.97. The molecule has 2 heterocycles. The molecule has 0 spiro atoms. The Bertz CT molecular complexity index is 649. The number of aliphatic hydroxyl groups excluding tert-OH is 1. The quantitative estimate of drug-likeness (QED) is 0.830. The number of hydrogen-bond acceptors (Lipinski definition) is 4. The molecule has 0 fully saturated rings. The highest BCUT2D eigenvalue weighted by Crippen LogP contribution is 2.15. The number of aryl methyl sites for hydroxylation is 1. The van der Waals surface area contributed by atoms with Gasteiger partial charge in [-0.15, -0.1) is 11.3 Å². The highest BCUT2D eigenvalue weighted by atomic mass is 32.1. The Balaban J connectivity index is 1.88. The van der Waals surface area contributed by atoms with Gasteiger partial charge in [-0.25, -0.2) is 0 Å². The van der Waals surface area contributed by atoms with E-state index in [1.54, 1.807) is 24.0 Å². The minimum absolute atomic E-state index is 0.0748. The number of nitrogens with zero attached hydrogens (tertiary/aromatic N) is 2. The van der Waals surface area contributed by atoms with Crippen LogP contribution in [0.4, 0.5) is 0 Å². The minimum atomic E-state index is -0.188. The second-order valence-corrected chi connectivity index (χ2v) is 5.27. The maximum Gasteiger partial charge on any atom is 0.272 e. The van der Waals surface area contributed by atoms with E-state index in [4.69, 9.17) is 5.11 Å². The molecule has 5 nitrogen and oxygen atoms in total. The molecule has 20 heavy (non-hydrogen) atoms. The number of rotatable bonds is 4. The predicted molar refractivity (Wildman–Crippen MR) is 77.3 cm³/mol. The van der Waals surface area contributed by atoms with Crippen LogP contribution >= 0.6 is 11.3 Å². The summed E-state index contributed by atoms with van der Waals surface area (Å²) >= 11 is 1.53. The Morgan fingerprint density at radius 3 is 3.05 bits per heavy atom. The third-order valence-corrected chi connectivity index (χ3v) is 3.48. The fourth-order valence-electron chi connectivity index (χ4n) is 1.54. The van der Waals surface area contributed by atoms with Crippen LogP contribution in [0.15, 0.2) is 24.4 Å². The summed E-state index contributed by atoms with van der Waals surface area (Å²) in [5.41, 5.74) is 0.409. The van der Waals surface area contributed by atoms with Gasteiger partial charge in [-0.1, -0.05) is 11.8 Å². The van der Waals surface area contributed by atoms with Gasteiger partial charge >= 0.3 is 0 Å². The summed E-state index contributed by atoms with van der Waals surface area (Å²) in [5, 5.41) is 15.5. The van der Waals surface area contributed by atoms with Crippen LogP contribution in [-0.2, 0) is 13.6 Å². The number of aliphatic hydroxyl groups is 1. The second kappa shape index (κ2) is 6.89. The molecule has 6 heteroatoms. The smallest absolute Gasteiger partial charge is 0.272 e. The first-order valence-electron chi connectivity index (χ1n) is 6.15. The fraction of sp³-hybridized carbons (Fsp3) is 0.286. The highest BCUT2D eigenvalue weighted by Gasteiger charge is 2.08. The third-order valence-electron chi connectivity index (χ3n) is 2.48. The number of nitrogens with one attached hydrogen (secondary N) is 1. The van der Waals surface area contributed by atoms with Crippen molar-refractivity contribution in [2.24, 2.45) is 7.05 Å². The molecule has 1 amide bonds. The van der Waals surface area contributed by atoms with Gasteiger partial charge < -0.3 is 10.4 Å². The van der Waals surface area contributed by atoms with E-state index >= 15 is 0 Å². The van der Waals surface area contributed by atoms with E-state index in [-0.39, 0.29) is 12.5 Å². The molecule has 0 aliphatic rings. The molecular weight excluding hydrogens is 274 g/mol. The minimum Gasteiger partial charge on any atom is -0.395 e. The van der Waals surface area contributed by atoms with Crippen molar-refractivity contribution in [3.63, 3.8) is 0 Å². The lowest BCUT2D eigenvalue weighted by atomic mass is 10.3. The molecule has 0 aliphatic heterocycles. The Kier molecular flexibility index (Phi) is 4.93. The molecule has 2 aromatic rings. The lowest BCUT2D eigenvalue weighted by Gasteiger charge is -2.00. The van der Waals surface area contributed by atoms with Crippen molar-refractivity contribution in [1.82, 2.24) is 15.1 Å². The van der Waals surface area contributed by atoms with Gasteiger partial charge in [0.1, 0.15) is 5.69 Å². The standard InChI is InChI=1S/C14H15N3O2S/c1-17-8-7-13(16-17)14(19)15-10-12-6-5-11(20-12)4-2-3-9-18/h5-8,18H,3,9-10H2,1H3,(H,15,19). The van der Waals surface area contributed by atoms with Gasteiger partial charge in [0.25, 0.3) is 5.91 Å². The van der Waals surface area contributed by atoms with E-state index in [2.05, 4.69) is 22.3 Å². The topological polar surface area (TPSA) is 67.2 Å². The van der Waals surface area contributed by atoms with Crippen molar-refractivity contribution < 1.29 is 9.90 Å². The summed E-state index contributed by atoms with van der Waals surface area (Å²) in [7, 11) is 1.77. The van der Waals surface area contributed by atoms with E-state index in [9.17, 15) is 4.79 Å². The van der Waals surface area contributed by atoms with E-state index in [1.165, 1.54) is 11.3 Å². The molecule has 0 unspecified atom stereocenters. The molecule has 2 rings (SSSR count). The number of hydrogen-bond donors (Lipinski definition) is 2. The SMILES string of the molecule is Cn1ccc(C(=O)NCc2ccc(C#CCCO)s2)n1. The lowest BCUT2D eigenvalue weighted by Crippen LogP contribution is -2.22. The molecule has 104 valence electrons. The maximum absolute atomic E-state index is 11.8. The van der Waals surface area contributed by atoms with Gasteiger partial charge in [0, 0.05) is 24.5 Å². The van der Waals surface area contributed by atoms with E-state index in [0.717, 1.165) is 9.75 Å². The molecule has 0 aliphatic carbocycles. The number of thiophene rings is 1. The molecule has 0 saturated carbocycles. The van der Waals surface area contributed by atoms with Crippen LogP contribution in [0, 0.1) is 11.8 Å². The zero-order chi connectivity index (χ0) is 14.4. The molecular formula is C14H15N3O2S. The van der Waals surface area contributed by atoms with Crippen molar-refractivity contribution in [1.29, 1.82) is 0 Å². The van der Waals surface area contributed by atoms with Crippen molar-refractivity contribution in [3.8, 4) is 11.8 Å². The monoisotopic (exact) mass is 289 g/mol. The van der Waals surface area contributed by atoms with Crippen LogP contribution in [0.2, 0.25) is 0 Å². The van der Waals surface area contributed by atoms with Crippen LogP contribution in [0.5, 0.6) is 0 Å². The largest absolute Gasteiger partial charge is 0.395 e. The van der Waals surface area contributed by atoms with Crippen LogP contribution in [0.1, 0.15) is 26.7 Å². The summed E-state index contributed by atoms with van der Waals surface area (Å²) < 4.78 is 1.59. The van der Waals surface area contributed by atoms with Gasteiger partial charge in [0.2, 0.25) is 0 Å². The van der Waals surface area contributed by atoms with Gasteiger partial charge in [-0.3, -0.25) is 9.48 Å². The van der Waals surface area contributed by atoms with Gasteiger partial charge in [-0.05, 0) is 18.2 Å². The Morgan fingerprint density at radius 1 is 1.50 bits per heavy atom. The van der Waals surface area contributed by atoms with Crippen molar-refractivity contribution in [2.45, 2.75) is 13.0 Å². The molecule has 2 aromatic heterocycles. The Morgan fingerprint density at radius 2 is 2.35 bits per heavy atom. The molecule has 0 atom stereocenters. The molecule has 2 N–H and O–H groups in total. The Labute approximate surface area is 121 Å². The molecule has 0 radical (unpaired) electrons. The van der Waals surface area contributed by atoms with Crippen molar-refractivity contribution in [3.05, 3.63) is 39.8 Å². The maximum atomic E-state index is 11.8. The molecule has 0 aromatic carbocycles. The lowest BCUT2D eigenvalue weighted by molar-refractivity contribution is 0.0945. The average Bonchev–Trinajstić information content (AvgIpc) is 3.05. The zero-order valence-electron chi connectivity index (χ0n) is 11.1. The summed E-state index contributed by atoms with van der Waals surface area (Å²) in [6, 6.07) is 5.53. The predicted octanol–water partition coefficient (Wildman–Crippen LogP) is 1.15. The van der Waals surface area contributed by atoms with E-state index in [1.807, 2.05) is 12.1 Å². The fourth-order valence-corrected chi connectivity index (χ4v) is 2.36. The summed E-state index contributed by atoms with van der Waals surface area (Å²) in [4.78, 5) is 13.8. The first kappa shape index (κ1) is 14.3. The van der Waals surface area contributed by atoms with Crippen LogP contribution in [0.3, 0.4) is 0 Å². The summed E-state index contributed by atoms with van der Waals surface area (Å²) in [5.74, 6) is 5.65. The van der Waals surface area contributed by atoms with Crippen LogP contribution < -0.4 is 5.32 Å². The normalized spacial score (nSPS) is 9.90. The molecule has 0 saturated heterocycles. The number of amides is 1. The first-order chi connectivity index (χ1) is 9.69. The Hall–Kier alpha value is -2.10. The summed E-state index contributed by atoms with van der Waals surface area (Å²) in [6.45, 7) is 0.535. The van der Waals surface area contributed by atoms with Gasteiger partial charge in [-0.2, -0.15) is 5.10 Å². The third kappa shape index (κ3) is 3.95. The van der Waals surface area contributed by atoms with Gasteiger partial charge in [0.15, 0.2) is 0 Å². The van der Waals surface area contributed by atoms with Gasteiger partial charge in [0.05, 0.1) is 18.0 Å². The molecule has 0 bridgehead atoms. The van der Waals surface area contributed by atoms with Crippen molar-refractivity contribution >= 4 is 17.2 Å². The average molecular weight is 289 g/mol. The van der Waals surface area contributed by atoms with Crippen LogP contribution in [-0.4, -0.2) is 27.4 Å². The highest BCUT2D eigenvalue weighted by molar-refractivity contribution is 7.12. The number of carbonyl (C=O) groups is 1. The second-order valence-electron chi connectivity index (χ2n) is 4.10. The van der Waals surface area contributed by atoms with Crippen molar-refractivity contribution in [2.75, 3.05) is 6.61 Å². The van der Waals surface area contributed by atoms with E-state index in [0.29, 0.717) is 18.7 Å². The number of carbonyl (C=O) groups excluding carboxylic acids is 1. The summed E-state index contributed by atoms with van der Waals surface area (Å²) in [6.07, 6.45) is 2.21. The zero-order valence-corrected chi connectivity index (χ0v) is 11.9. The van der Waals surface area contributed by atoms with Crippen LogP contribution in [0.25, 0.3) is 0 Å². The number of aromatic nitrogens is 2. The van der Waals surface area contributed by atoms with E-state index < -0.39 is 0 Å².